The lowest BCUT2D eigenvalue weighted by molar-refractivity contribution is 0.546. The zero-order chi connectivity index (χ0) is 10.5. The molecule has 1 N–H and O–H groups in total. The molecule has 0 saturated carbocycles. The van der Waals surface area contributed by atoms with Gasteiger partial charge in [-0.1, -0.05) is 0 Å². The first kappa shape index (κ1) is 9.92. The Morgan fingerprint density at radius 3 is 3.07 bits per heavy atom. The maximum atomic E-state index is 4.03. The minimum absolute atomic E-state index is 0.852. The SMILES string of the molecule is Cn1cccc1CNCCn1cncn1. The molecule has 5 nitrogen and oxygen atoms in total. The molecule has 0 amide bonds. The number of hydrogen-bond acceptors (Lipinski definition) is 3. The molecule has 5 heteroatoms. The highest BCUT2D eigenvalue weighted by Gasteiger charge is 1.96. The van der Waals surface area contributed by atoms with Crippen LogP contribution >= 0.6 is 0 Å². The second-order valence-corrected chi connectivity index (χ2v) is 3.45. The molecule has 0 aromatic carbocycles. The van der Waals surface area contributed by atoms with E-state index < -0.39 is 0 Å². The molecule has 0 fully saturated rings. The highest BCUT2D eigenvalue weighted by molar-refractivity contribution is 5.05. The third-order valence-corrected chi connectivity index (χ3v) is 2.34. The zero-order valence-electron chi connectivity index (χ0n) is 8.80. The van der Waals surface area contributed by atoms with Crippen LogP contribution in [0.15, 0.2) is 31.0 Å². The van der Waals surface area contributed by atoms with E-state index in [9.17, 15) is 0 Å². The van der Waals surface area contributed by atoms with Crippen LogP contribution in [0.1, 0.15) is 5.69 Å². The van der Waals surface area contributed by atoms with Gasteiger partial charge in [0, 0.05) is 32.0 Å². The standard InChI is InChI=1S/C10H15N5/c1-14-5-2-3-10(14)7-11-4-6-15-9-12-8-13-15/h2-3,5,8-9,11H,4,6-7H2,1H3. The quantitative estimate of drug-likeness (QED) is 0.719. The number of nitrogens with one attached hydrogen (secondary N) is 1. The Morgan fingerprint density at radius 1 is 1.47 bits per heavy atom. The summed E-state index contributed by atoms with van der Waals surface area (Å²) in [7, 11) is 2.05. The first-order chi connectivity index (χ1) is 7.36. The molecule has 2 heterocycles. The van der Waals surface area contributed by atoms with Crippen LogP contribution in [0.4, 0.5) is 0 Å². The molecule has 0 atom stereocenters. The highest BCUT2D eigenvalue weighted by atomic mass is 15.3. The smallest absolute Gasteiger partial charge is 0.137 e. The number of rotatable bonds is 5. The van der Waals surface area contributed by atoms with E-state index in [2.05, 4.69) is 45.3 Å². The summed E-state index contributed by atoms with van der Waals surface area (Å²) in [6.07, 6.45) is 5.33. The maximum absolute atomic E-state index is 4.03. The molecule has 80 valence electrons. The predicted molar refractivity (Wildman–Crippen MR) is 57.1 cm³/mol. The van der Waals surface area contributed by atoms with Crippen LogP contribution in [-0.4, -0.2) is 25.9 Å². The molecule has 2 aromatic rings. The van der Waals surface area contributed by atoms with E-state index in [1.54, 1.807) is 12.7 Å². The van der Waals surface area contributed by atoms with Crippen LogP contribution in [0.25, 0.3) is 0 Å². The van der Waals surface area contributed by atoms with E-state index in [1.807, 2.05) is 4.68 Å². The first-order valence-corrected chi connectivity index (χ1v) is 4.99. The monoisotopic (exact) mass is 205 g/mol. The van der Waals surface area contributed by atoms with Crippen molar-refractivity contribution in [3.63, 3.8) is 0 Å². The summed E-state index contributed by atoms with van der Waals surface area (Å²) in [5.74, 6) is 0. The summed E-state index contributed by atoms with van der Waals surface area (Å²) < 4.78 is 3.93. The molecule has 0 bridgehead atoms. The average Bonchev–Trinajstić information content (AvgIpc) is 2.85. The van der Waals surface area contributed by atoms with Crippen molar-refractivity contribution in [2.75, 3.05) is 6.54 Å². The summed E-state index contributed by atoms with van der Waals surface area (Å²) in [6, 6.07) is 4.16. The van der Waals surface area contributed by atoms with E-state index >= 15 is 0 Å². The molecule has 0 unspecified atom stereocenters. The number of nitrogens with zero attached hydrogens (tertiary/aromatic N) is 4. The van der Waals surface area contributed by atoms with Crippen LogP contribution < -0.4 is 5.32 Å². The van der Waals surface area contributed by atoms with Gasteiger partial charge >= 0.3 is 0 Å². The van der Waals surface area contributed by atoms with Gasteiger partial charge in [-0.2, -0.15) is 5.10 Å². The molecule has 0 aliphatic carbocycles. The van der Waals surface area contributed by atoms with E-state index in [0.717, 1.165) is 19.6 Å². The van der Waals surface area contributed by atoms with Gasteiger partial charge in [0.1, 0.15) is 12.7 Å². The number of hydrogen-bond donors (Lipinski definition) is 1. The summed E-state index contributed by atoms with van der Waals surface area (Å²) >= 11 is 0. The Balaban J connectivity index is 1.70. The van der Waals surface area contributed by atoms with Gasteiger partial charge in [0.05, 0.1) is 6.54 Å². The van der Waals surface area contributed by atoms with Crippen molar-refractivity contribution in [2.45, 2.75) is 13.1 Å². The molecule has 2 rings (SSSR count). The Labute approximate surface area is 88.7 Å². The largest absolute Gasteiger partial charge is 0.353 e. The summed E-state index contributed by atoms with van der Waals surface area (Å²) in [5.41, 5.74) is 1.29. The van der Waals surface area contributed by atoms with Crippen molar-refractivity contribution in [1.29, 1.82) is 0 Å². The van der Waals surface area contributed by atoms with Gasteiger partial charge in [0.15, 0.2) is 0 Å². The van der Waals surface area contributed by atoms with Gasteiger partial charge in [0.25, 0.3) is 0 Å². The van der Waals surface area contributed by atoms with Gasteiger partial charge < -0.3 is 9.88 Å². The Morgan fingerprint density at radius 2 is 2.40 bits per heavy atom. The van der Waals surface area contributed by atoms with Crippen LogP contribution in [0.2, 0.25) is 0 Å². The predicted octanol–water partition coefficient (Wildman–Crippen LogP) is 0.406. The van der Waals surface area contributed by atoms with Crippen molar-refractivity contribution >= 4 is 0 Å². The Kier molecular flexibility index (Phi) is 3.14. The molecular weight excluding hydrogens is 190 g/mol. The number of aromatic nitrogens is 4. The lowest BCUT2D eigenvalue weighted by atomic mass is 10.4. The fraction of sp³-hybridized carbons (Fsp3) is 0.400. The van der Waals surface area contributed by atoms with E-state index in [1.165, 1.54) is 5.69 Å². The molecule has 2 aromatic heterocycles. The molecular formula is C10H15N5. The molecule has 0 aliphatic heterocycles. The molecule has 0 saturated heterocycles. The van der Waals surface area contributed by atoms with Gasteiger partial charge in [-0.3, -0.25) is 4.68 Å². The van der Waals surface area contributed by atoms with Crippen molar-refractivity contribution in [3.8, 4) is 0 Å². The first-order valence-electron chi connectivity index (χ1n) is 4.99. The molecule has 0 aliphatic rings. The van der Waals surface area contributed by atoms with Gasteiger partial charge in [-0.25, -0.2) is 4.98 Å². The molecule has 15 heavy (non-hydrogen) atoms. The zero-order valence-corrected chi connectivity index (χ0v) is 8.80. The van der Waals surface area contributed by atoms with E-state index in [0.29, 0.717) is 0 Å². The fourth-order valence-electron chi connectivity index (χ4n) is 1.44. The third-order valence-electron chi connectivity index (χ3n) is 2.34. The minimum atomic E-state index is 0.852. The summed E-state index contributed by atoms with van der Waals surface area (Å²) in [4.78, 5) is 3.88. The Bertz CT molecular complexity index is 390. The van der Waals surface area contributed by atoms with Crippen LogP contribution in [-0.2, 0) is 20.1 Å². The summed E-state index contributed by atoms with van der Waals surface area (Å²) in [5, 5.41) is 7.39. The van der Waals surface area contributed by atoms with Crippen molar-refractivity contribution in [1.82, 2.24) is 24.6 Å². The topological polar surface area (TPSA) is 47.7 Å². The van der Waals surface area contributed by atoms with Crippen molar-refractivity contribution in [3.05, 3.63) is 36.7 Å². The lowest BCUT2D eigenvalue weighted by Gasteiger charge is -2.05. The van der Waals surface area contributed by atoms with Crippen molar-refractivity contribution < 1.29 is 0 Å². The van der Waals surface area contributed by atoms with E-state index in [-0.39, 0.29) is 0 Å². The normalized spacial score (nSPS) is 10.7. The van der Waals surface area contributed by atoms with Crippen molar-refractivity contribution in [2.24, 2.45) is 7.05 Å². The second kappa shape index (κ2) is 4.75. The Hall–Kier alpha value is -1.62. The number of aryl methyl sites for hydroxylation is 1. The lowest BCUT2D eigenvalue weighted by Crippen LogP contribution is -2.20. The third kappa shape index (κ3) is 2.66. The fourth-order valence-corrected chi connectivity index (χ4v) is 1.44. The van der Waals surface area contributed by atoms with Gasteiger partial charge in [0.2, 0.25) is 0 Å². The van der Waals surface area contributed by atoms with E-state index in [4.69, 9.17) is 0 Å². The maximum Gasteiger partial charge on any atom is 0.137 e. The second-order valence-electron chi connectivity index (χ2n) is 3.45. The minimum Gasteiger partial charge on any atom is -0.353 e. The van der Waals surface area contributed by atoms with Gasteiger partial charge in [-0.05, 0) is 12.1 Å². The molecule has 0 spiro atoms. The van der Waals surface area contributed by atoms with Crippen LogP contribution in [0.5, 0.6) is 0 Å². The van der Waals surface area contributed by atoms with Crippen LogP contribution in [0, 0.1) is 0 Å². The van der Waals surface area contributed by atoms with Crippen LogP contribution in [0.3, 0.4) is 0 Å². The average molecular weight is 205 g/mol. The van der Waals surface area contributed by atoms with Gasteiger partial charge in [-0.15, -0.1) is 0 Å². The highest BCUT2D eigenvalue weighted by Crippen LogP contribution is 1.97. The molecule has 0 radical (unpaired) electrons. The summed E-state index contributed by atoms with van der Waals surface area (Å²) in [6.45, 7) is 2.64.